The third-order valence-corrected chi connectivity index (χ3v) is 4.32. The Bertz CT molecular complexity index is 668. The minimum atomic E-state index is -0.0499. The summed E-state index contributed by atoms with van der Waals surface area (Å²) in [6, 6.07) is 3.79. The fourth-order valence-electron chi connectivity index (χ4n) is 2.36. The van der Waals surface area contributed by atoms with Gasteiger partial charge in [-0.1, -0.05) is 13.0 Å². The predicted octanol–water partition coefficient (Wildman–Crippen LogP) is 3.09. The van der Waals surface area contributed by atoms with Gasteiger partial charge in [0.1, 0.15) is 0 Å². The van der Waals surface area contributed by atoms with Gasteiger partial charge in [-0.25, -0.2) is 4.68 Å². The molecule has 0 aliphatic heterocycles. The molecule has 1 amide bonds. The molecule has 0 aliphatic rings. The summed E-state index contributed by atoms with van der Waals surface area (Å²) < 4.78 is 1.75. The highest BCUT2D eigenvalue weighted by Crippen LogP contribution is 2.23. The van der Waals surface area contributed by atoms with E-state index in [1.165, 1.54) is 0 Å². The van der Waals surface area contributed by atoms with Crippen molar-refractivity contribution in [1.29, 1.82) is 0 Å². The topological polar surface area (TPSA) is 51.0 Å². The van der Waals surface area contributed by atoms with Crippen molar-refractivity contribution in [3.8, 4) is 5.69 Å². The van der Waals surface area contributed by atoms with E-state index in [0.717, 1.165) is 22.8 Å². The fourth-order valence-corrected chi connectivity index (χ4v) is 3.00. The molecule has 0 saturated carbocycles. The second kappa shape index (κ2) is 7.97. The Morgan fingerprint density at radius 2 is 2.35 bits per heavy atom. The summed E-state index contributed by atoms with van der Waals surface area (Å²) in [4.78, 5) is 18.6. The van der Waals surface area contributed by atoms with Crippen LogP contribution in [0.1, 0.15) is 12.6 Å². The summed E-state index contributed by atoms with van der Waals surface area (Å²) in [5, 5.41) is 4.52. The molecule has 0 radical (unpaired) electrons. The summed E-state index contributed by atoms with van der Waals surface area (Å²) in [5.74, 6) is 0.835. The van der Waals surface area contributed by atoms with Crippen molar-refractivity contribution >= 4 is 23.4 Å². The van der Waals surface area contributed by atoms with E-state index in [-0.39, 0.29) is 11.8 Å². The first-order valence-electron chi connectivity index (χ1n) is 7.46. The summed E-state index contributed by atoms with van der Waals surface area (Å²) in [6.07, 6.45) is 9.09. The number of aryl methyl sites for hydroxylation is 1. The predicted molar refractivity (Wildman–Crippen MR) is 96.2 cm³/mol. The maximum Gasteiger partial charge on any atom is 0.231 e. The van der Waals surface area contributed by atoms with Gasteiger partial charge in [0, 0.05) is 24.4 Å². The Morgan fingerprint density at radius 3 is 2.96 bits per heavy atom. The highest BCUT2D eigenvalue weighted by atomic mass is 32.2. The van der Waals surface area contributed by atoms with Crippen molar-refractivity contribution in [2.45, 2.75) is 13.8 Å². The van der Waals surface area contributed by atoms with Crippen LogP contribution in [0.3, 0.4) is 0 Å². The Kier molecular flexibility index (Phi) is 5.98. The number of hydrogen-bond acceptors (Lipinski definition) is 4. The number of aromatic nitrogens is 3. The molecule has 2 aromatic rings. The third-order valence-electron chi connectivity index (χ3n) is 3.49. The number of rotatable bonds is 7. The quantitative estimate of drug-likeness (QED) is 0.732. The van der Waals surface area contributed by atoms with Crippen molar-refractivity contribution in [3.63, 3.8) is 0 Å². The molecule has 0 fully saturated rings. The second-order valence-corrected chi connectivity index (χ2v) is 6.26. The Morgan fingerprint density at radius 1 is 1.57 bits per heavy atom. The number of nitrogens with zero attached hydrogens (tertiary/aromatic N) is 4. The largest absolute Gasteiger partial charge is 0.305 e. The molecule has 1 atom stereocenters. The monoisotopic (exact) mass is 330 g/mol. The Labute approximate surface area is 141 Å². The zero-order valence-electron chi connectivity index (χ0n) is 13.8. The fraction of sp³-hybridized carbons (Fsp3) is 0.353. The Balaban J connectivity index is 2.34. The maximum atomic E-state index is 12.7. The van der Waals surface area contributed by atoms with Gasteiger partial charge in [-0.2, -0.15) is 16.9 Å². The van der Waals surface area contributed by atoms with Gasteiger partial charge in [-0.05, 0) is 25.3 Å². The van der Waals surface area contributed by atoms with E-state index in [4.69, 9.17) is 0 Å². The van der Waals surface area contributed by atoms with Gasteiger partial charge in [0.25, 0.3) is 0 Å². The summed E-state index contributed by atoms with van der Waals surface area (Å²) >= 11 is 1.67. The average Bonchev–Trinajstić information content (AvgIpc) is 2.94. The molecular weight excluding hydrogens is 308 g/mol. The number of carbonyl (C=O) groups is 1. The van der Waals surface area contributed by atoms with Crippen LogP contribution in [0.2, 0.25) is 0 Å². The molecule has 0 aromatic carbocycles. The van der Waals surface area contributed by atoms with Gasteiger partial charge in [0.05, 0.1) is 29.5 Å². The molecule has 2 aromatic heterocycles. The lowest BCUT2D eigenvalue weighted by Gasteiger charge is -2.23. The van der Waals surface area contributed by atoms with Crippen molar-refractivity contribution in [2.24, 2.45) is 5.92 Å². The van der Waals surface area contributed by atoms with E-state index >= 15 is 0 Å². The Hall–Kier alpha value is -2.08. The van der Waals surface area contributed by atoms with Crippen LogP contribution in [-0.4, -0.2) is 39.2 Å². The zero-order chi connectivity index (χ0) is 16.8. The zero-order valence-corrected chi connectivity index (χ0v) is 14.6. The molecule has 0 spiro atoms. The van der Waals surface area contributed by atoms with E-state index in [1.807, 2.05) is 38.4 Å². The first-order chi connectivity index (χ1) is 11.1. The van der Waals surface area contributed by atoms with Gasteiger partial charge < -0.3 is 4.90 Å². The normalized spacial score (nSPS) is 12.0. The van der Waals surface area contributed by atoms with E-state index in [9.17, 15) is 4.79 Å². The standard InChI is InChI=1S/C17H22N4OS/c1-5-9-20(17(22)13(2)12-23-4)16-11-21(19-14(16)3)15-7-6-8-18-10-15/h5-8,10-11,13H,1,9,12H2,2-4H3/t13-/m0/s1. The number of anilines is 1. The summed E-state index contributed by atoms with van der Waals surface area (Å²) in [5.41, 5.74) is 2.48. The van der Waals surface area contributed by atoms with E-state index in [2.05, 4.69) is 16.7 Å². The number of thioether (sulfide) groups is 1. The molecule has 0 bridgehead atoms. The molecule has 122 valence electrons. The molecule has 5 nitrogen and oxygen atoms in total. The van der Waals surface area contributed by atoms with E-state index in [0.29, 0.717) is 6.54 Å². The van der Waals surface area contributed by atoms with Crippen molar-refractivity contribution in [3.05, 3.63) is 49.1 Å². The van der Waals surface area contributed by atoms with Gasteiger partial charge in [-0.15, -0.1) is 6.58 Å². The minimum Gasteiger partial charge on any atom is -0.305 e. The van der Waals surface area contributed by atoms with Crippen LogP contribution in [0, 0.1) is 12.8 Å². The summed E-state index contributed by atoms with van der Waals surface area (Å²) in [6.45, 7) is 8.10. The van der Waals surface area contributed by atoms with Crippen LogP contribution in [0.4, 0.5) is 5.69 Å². The molecule has 2 heterocycles. The molecule has 0 aliphatic carbocycles. The highest BCUT2D eigenvalue weighted by molar-refractivity contribution is 7.98. The van der Waals surface area contributed by atoms with Crippen LogP contribution < -0.4 is 4.90 Å². The molecular formula is C17H22N4OS. The van der Waals surface area contributed by atoms with E-state index in [1.54, 1.807) is 39.8 Å². The lowest BCUT2D eigenvalue weighted by Crippen LogP contribution is -2.36. The molecule has 0 saturated heterocycles. The lowest BCUT2D eigenvalue weighted by molar-refractivity contribution is -0.121. The highest BCUT2D eigenvalue weighted by Gasteiger charge is 2.23. The number of amides is 1. The van der Waals surface area contributed by atoms with Crippen molar-refractivity contribution in [1.82, 2.24) is 14.8 Å². The van der Waals surface area contributed by atoms with Gasteiger partial charge in [-0.3, -0.25) is 9.78 Å². The SMILES string of the molecule is C=CCN(C(=O)[C@@H](C)CSC)c1cn(-c2cccnc2)nc1C. The first-order valence-corrected chi connectivity index (χ1v) is 8.85. The van der Waals surface area contributed by atoms with Crippen LogP contribution in [0.25, 0.3) is 5.69 Å². The van der Waals surface area contributed by atoms with Crippen molar-refractivity contribution in [2.75, 3.05) is 23.5 Å². The second-order valence-electron chi connectivity index (χ2n) is 5.35. The van der Waals surface area contributed by atoms with Crippen molar-refractivity contribution < 1.29 is 4.79 Å². The van der Waals surface area contributed by atoms with Crippen LogP contribution in [0.15, 0.2) is 43.4 Å². The van der Waals surface area contributed by atoms with Gasteiger partial charge in [0.15, 0.2) is 0 Å². The number of pyridine rings is 1. The number of carbonyl (C=O) groups excluding carboxylic acids is 1. The maximum absolute atomic E-state index is 12.7. The molecule has 23 heavy (non-hydrogen) atoms. The minimum absolute atomic E-state index is 0.0499. The first kappa shape index (κ1) is 17.3. The van der Waals surface area contributed by atoms with E-state index < -0.39 is 0 Å². The third kappa shape index (κ3) is 4.01. The van der Waals surface area contributed by atoms with Gasteiger partial charge in [0.2, 0.25) is 5.91 Å². The molecule has 6 heteroatoms. The smallest absolute Gasteiger partial charge is 0.231 e. The molecule has 0 unspecified atom stereocenters. The summed E-state index contributed by atoms with van der Waals surface area (Å²) in [7, 11) is 0. The van der Waals surface area contributed by atoms with Crippen LogP contribution in [-0.2, 0) is 4.79 Å². The lowest BCUT2D eigenvalue weighted by atomic mass is 10.1. The number of hydrogen-bond donors (Lipinski definition) is 0. The van der Waals surface area contributed by atoms with Gasteiger partial charge >= 0.3 is 0 Å². The molecule has 0 N–H and O–H groups in total. The average molecular weight is 330 g/mol. The molecule has 2 rings (SSSR count). The van der Waals surface area contributed by atoms with Crippen LogP contribution >= 0.6 is 11.8 Å². The van der Waals surface area contributed by atoms with Crippen LogP contribution in [0.5, 0.6) is 0 Å².